The first-order valence-electron chi connectivity index (χ1n) is 10.8. The molecule has 6 rings (SSSR count). The Balaban J connectivity index is 1.54. The van der Waals surface area contributed by atoms with E-state index < -0.39 is 0 Å². The lowest BCUT2D eigenvalue weighted by molar-refractivity contribution is 0.669. The van der Waals surface area contributed by atoms with Crippen LogP contribution in [-0.4, -0.2) is 0 Å². The minimum atomic E-state index is 0.912. The average Bonchev–Trinajstić information content (AvgIpc) is 3.23. The first-order chi connectivity index (χ1) is 15.8. The molecule has 6 aromatic rings. The van der Waals surface area contributed by atoms with Crippen molar-refractivity contribution in [3.63, 3.8) is 0 Å². The molecule has 1 aromatic heterocycles. The minimum absolute atomic E-state index is 0.912. The van der Waals surface area contributed by atoms with Gasteiger partial charge in [-0.15, -0.1) is 0 Å². The summed E-state index contributed by atoms with van der Waals surface area (Å²) in [7, 11) is 0. The zero-order valence-electron chi connectivity index (χ0n) is 17.5. The fourth-order valence-electron chi connectivity index (χ4n) is 4.31. The van der Waals surface area contributed by atoms with Crippen molar-refractivity contribution in [2.75, 3.05) is 5.32 Å². The van der Waals surface area contributed by atoms with E-state index in [1.165, 1.54) is 22.3 Å². The smallest absolute Gasteiger partial charge is 0.135 e. The van der Waals surface area contributed by atoms with Crippen molar-refractivity contribution in [3.8, 4) is 22.3 Å². The van der Waals surface area contributed by atoms with Crippen LogP contribution < -0.4 is 5.32 Å². The molecule has 0 amide bonds. The van der Waals surface area contributed by atoms with Gasteiger partial charge in [0.25, 0.3) is 0 Å². The summed E-state index contributed by atoms with van der Waals surface area (Å²) in [5, 5.41) is 5.82. The van der Waals surface area contributed by atoms with E-state index in [-0.39, 0.29) is 0 Å². The van der Waals surface area contributed by atoms with Gasteiger partial charge in [-0.05, 0) is 64.7 Å². The van der Waals surface area contributed by atoms with Gasteiger partial charge in [0.1, 0.15) is 11.2 Å². The van der Waals surface area contributed by atoms with Crippen LogP contribution in [0.15, 0.2) is 126 Å². The molecule has 2 nitrogen and oxygen atoms in total. The number of hydrogen-bond acceptors (Lipinski definition) is 2. The molecule has 0 atom stereocenters. The molecule has 5 aromatic carbocycles. The van der Waals surface area contributed by atoms with Gasteiger partial charge in [0.2, 0.25) is 0 Å². The molecular weight excluding hydrogens is 390 g/mol. The Kier molecular flexibility index (Phi) is 4.47. The molecule has 32 heavy (non-hydrogen) atoms. The predicted molar refractivity (Wildman–Crippen MR) is 134 cm³/mol. The minimum Gasteiger partial charge on any atom is -0.456 e. The summed E-state index contributed by atoms with van der Waals surface area (Å²) in [5.41, 5.74) is 8.72. The molecule has 0 bridgehead atoms. The number of para-hydroxylation sites is 2. The van der Waals surface area contributed by atoms with Crippen LogP contribution in [0.2, 0.25) is 0 Å². The van der Waals surface area contributed by atoms with Gasteiger partial charge in [-0.3, -0.25) is 0 Å². The summed E-state index contributed by atoms with van der Waals surface area (Å²) < 4.78 is 6.05. The lowest BCUT2D eigenvalue weighted by atomic mass is 9.93. The molecule has 0 saturated heterocycles. The Bertz CT molecular complexity index is 1530. The standard InChI is InChI=1S/C30H21NO/c1-3-9-21(10-4-1)25-17-16-24(31-23-11-5-2-6-12-23)20-27(25)22-15-18-30-28(19-22)26-13-7-8-14-29(26)32-30/h1-20,31H. The molecule has 0 aliphatic rings. The Morgan fingerprint density at radius 3 is 2.00 bits per heavy atom. The van der Waals surface area contributed by atoms with Crippen LogP contribution in [0.4, 0.5) is 11.4 Å². The van der Waals surface area contributed by atoms with Gasteiger partial charge in [0, 0.05) is 22.1 Å². The third-order valence-corrected chi connectivity index (χ3v) is 5.85. The average molecular weight is 412 g/mol. The number of anilines is 2. The summed E-state index contributed by atoms with van der Waals surface area (Å²) in [6, 6.07) is 42.1. The van der Waals surface area contributed by atoms with Crippen molar-refractivity contribution in [3.05, 3.63) is 121 Å². The van der Waals surface area contributed by atoms with E-state index in [1.807, 2.05) is 30.3 Å². The number of furan rings is 1. The molecule has 0 aliphatic carbocycles. The summed E-state index contributed by atoms with van der Waals surface area (Å²) in [6.45, 7) is 0. The third-order valence-electron chi connectivity index (χ3n) is 5.85. The zero-order chi connectivity index (χ0) is 21.3. The van der Waals surface area contributed by atoms with E-state index in [0.717, 1.165) is 33.3 Å². The second kappa shape index (κ2) is 7.75. The van der Waals surface area contributed by atoms with E-state index in [0.29, 0.717) is 0 Å². The number of hydrogen-bond donors (Lipinski definition) is 1. The lowest BCUT2D eigenvalue weighted by Crippen LogP contribution is -1.92. The van der Waals surface area contributed by atoms with Crippen molar-refractivity contribution < 1.29 is 4.42 Å². The molecule has 1 heterocycles. The molecule has 0 radical (unpaired) electrons. The first-order valence-corrected chi connectivity index (χ1v) is 10.8. The van der Waals surface area contributed by atoms with Crippen LogP contribution in [0.5, 0.6) is 0 Å². The topological polar surface area (TPSA) is 25.2 Å². The number of rotatable bonds is 4. The molecule has 0 fully saturated rings. The van der Waals surface area contributed by atoms with Gasteiger partial charge in [-0.2, -0.15) is 0 Å². The maximum absolute atomic E-state index is 6.05. The van der Waals surface area contributed by atoms with Crippen LogP contribution in [0, 0.1) is 0 Å². The summed E-state index contributed by atoms with van der Waals surface area (Å²) in [6.07, 6.45) is 0. The van der Waals surface area contributed by atoms with E-state index in [1.54, 1.807) is 0 Å². The number of fused-ring (bicyclic) bond motifs is 3. The molecule has 0 unspecified atom stereocenters. The summed E-state index contributed by atoms with van der Waals surface area (Å²) in [4.78, 5) is 0. The van der Waals surface area contributed by atoms with Crippen LogP contribution in [0.25, 0.3) is 44.2 Å². The number of nitrogens with one attached hydrogen (secondary N) is 1. The van der Waals surface area contributed by atoms with Crippen molar-refractivity contribution in [2.45, 2.75) is 0 Å². The molecule has 152 valence electrons. The van der Waals surface area contributed by atoms with Gasteiger partial charge in [0.05, 0.1) is 0 Å². The van der Waals surface area contributed by atoms with E-state index in [9.17, 15) is 0 Å². The second-order valence-electron chi connectivity index (χ2n) is 7.93. The van der Waals surface area contributed by atoms with E-state index in [2.05, 4.69) is 96.3 Å². The molecule has 1 N–H and O–H groups in total. The maximum Gasteiger partial charge on any atom is 0.135 e. The fraction of sp³-hybridized carbons (Fsp3) is 0. The van der Waals surface area contributed by atoms with Crippen molar-refractivity contribution in [1.29, 1.82) is 0 Å². The highest BCUT2D eigenvalue weighted by Gasteiger charge is 2.12. The molecule has 0 saturated carbocycles. The molecule has 2 heteroatoms. The maximum atomic E-state index is 6.05. The van der Waals surface area contributed by atoms with Gasteiger partial charge < -0.3 is 9.73 Å². The van der Waals surface area contributed by atoms with Crippen LogP contribution in [0.3, 0.4) is 0 Å². The molecule has 0 spiro atoms. The highest BCUT2D eigenvalue weighted by Crippen LogP contribution is 2.38. The van der Waals surface area contributed by atoms with E-state index >= 15 is 0 Å². The zero-order valence-corrected chi connectivity index (χ0v) is 17.5. The van der Waals surface area contributed by atoms with Crippen LogP contribution in [-0.2, 0) is 0 Å². The summed E-state index contributed by atoms with van der Waals surface area (Å²) in [5.74, 6) is 0. The highest BCUT2D eigenvalue weighted by atomic mass is 16.3. The Hall–Kier alpha value is -4.30. The largest absolute Gasteiger partial charge is 0.456 e. The number of benzene rings is 5. The summed E-state index contributed by atoms with van der Waals surface area (Å²) >= 11 is 0. The highest BCUT2D eigenvalue weighted by molar-refractivity contribution is 6.06. The predicted octanol–water partition coefficient (Wildman–Crippen LogP) is 8.66. The molecule has 0 aliphatic heterocycles. The second-order valence-corrected chi connectivity index (χ2v) is 7.93. The van der Waals surface area contributed by atoms with Crippen LogP contribution >= 0.6 is 0 Å². The van der Waals surface area contributed by atoms with Crippen LogP contribution in [0.1, 0.15) is 0 Å². The normalized spacial score (nSPS) is 11.1. The Morgan fingerprint density at radius 1 is 0.438 bits per heavy atom. The Morgan fingerprint density at radius 2 is 1.16 bits per heavy atom. The Labute approximate surface area is 186 Å². The molecular formula is C30H21NO. The quantitative estimate of drug-likeness (QED) is 0.314. The van der Waals surface area contributed by atoms with Gasteiger partial charge >= 0.3 is 0 Å². The van der Waals surface area contributed by atoms with Crippen molar-refractivity contribution >= 4 is 33.3 Å². The van der Waals surface area contributed by atoms with Gasteiger partial charge in [-0.25, -0.2) is 0 Å². The lowest BCUT2D eigenvalue weighted by Gasteiger charge is -2.14. The SMILES string of the molecule is c1ccc(Nc2ccc(-c3ccccc3)c(-c3ccc4oc5ccccc5c4c3)c2)cc1. The van der Waals surface area contributed by atoms with Gasteiger partial charge in [-0.1, -0.05) is 78.9 Å². The fourth-order valence-corrected chi connectivity index (χ4v) is 4.31. The first kappa shape index (κ1) is 18.5. The van der Waals surface area contributed by atoms with E-state index in [4.69, 9.17) is 4.42 Å². The monoisotopic (exact) mass is 411 g/mol. The van der Waals surface area contributed by atoms with Crippen molar-refractivity contribution in [1.82, 2.24) is 0 Å². The third kappa shape index (κ3) is 3.32. The van der Waals surface area contributed by atoms with Crippen molar-refractivity contribution in [2.24, 2.45) is 0 Å². The van der Waals surface area contributed by atoms with Gasteiger partial charge in [0.15, 0.2) is 0 Å².